The molecule has 0 amide bonds. The number of hydrogen-bond acceptors (Lipinski definition) is 2. The first-order valence-electron chi connectivity index (χ1n) is 7.93. The van der Waals surface area contributed by atoms with Gasteiger partial charge in [-0.3, -0.25) is 0 Å². The minimum absolute atomic E-state index is 0.255. The predicted molar refractivity (Wildman–Crippen MR) is 91.9 cm³/mol. The zero-order valence-electron chi connectivity index (χ0n) is 14.6. The van der Waals surface area contributed by atoms with Gasteiger partial charge in [0.15, 0.2) is 0 Å². The van der Waals surface area contributed by atoms with E-state index in [1.54, 1.807) is 0 Å². The lowest BCUT2D eigenvalue weighted by Gasteiger charge is -2.34. The third kappa shape index (κ3) is 7.14. The van der Waals surface area contributed by atoms with Crippen molar-refractivity contribution in [2.45, 2.75) is 59.4 Å². The van der Waals surface area contributed by atoms with Crippen LogP contribution in [0, 0.1) is 11.3 Å². The molecule has 1 unspecified atom stereocenters. The van der Waals surface area contributed by atoms with Crippen LogP contribution in [0.25, 0.3) is 0 Å². The second-order valence-electron chi connectivity index (χ2n) is 7.00. The SMILES string of the molecule is C=CCC[C@@H](CC)CN(C)C(=C)CC(NC)C(C)(C)C. The number of rotatable bonds is 10. The van der Waals surface area contributed by atoms with Crippen LogP contribution in [0.2, 0.25) is 0 Å². The van der Waals surface area contributed by atoms with Crippen molar-refractivity contribution in [2.24, 2.45) is 11.3 Å². The summed E-state index contributed by atoms with van der Waals surface area (Å²) in [6.07, 6.45) is 6.59. The zero-order valence-corrected chi connectivity index (χ0v) is 14.6. The molecule has 0 aliphatic rings. The lowest BCUT2D eigenvalue weighted by atomic mass is 9.84. The van der Waals surface area contributed by atoms with Gasteiger partial charge >= 0.3 is 0 Å². The van der Waals surface area contributed by atoms with Crippen LogP contribution in [0.4, 0.5) is 0 Å². The van der Waals surface area contributed by atoms with Gasteiger partial charge in [0.05, 0.1) is 0 Å². The summed E-state index contributed by atoms with van der Waals surface area (Å²) >= 11 is 0. The van der Waals surface area contributed by atoms with Gasteiger partial charge in [-0.15, -0.1) is 6.58 Å². The monoisotopic (exact) mass is 280 g/mol. The summed E-state index contributed by atoms with van der Waals surface area (Å²) in [5.74, 6) is 0.734. The fourth-order valence-electron chi connectivity index (χ4n) is 2.53. The third-order valence-corrected chi connectivity index (χ3v) is 4.26. The number of allylic oxidation sites excluding steroid dienone is 1. The molecule has 2 nitrogen and oxygen atoms in total. The average Bonchev–Trinajstić information content (AvgIpc) is 2.38. The molecule has 0 heterocycles. The van der Waals surface area contributed by atoms with Gasteiger partial charge in [-0.2, -0.15) is 0 Å². The van der Waals surface area contributed by atoms with Crippen LogP contribution in [-0.2, 0) is 0 Å². The Morgan fingerprint density at radius 1 is 1.35 bits per heavy atom. The van der Waals surface area contributed by atoms with Crippen LogP contribution in [0.3, 0.4) is 0 Å². The standard InChI is InChI=1S/C18H36N2/c1-9-11-12-16(10-2)14-20(8)15(3)13-17(19-7)18(4,5)6/h9,16-17,19H,1,3,10-14H2,2,4-8H3/t16-,17?/m1/s1. The summed E-state index contributed by atoms with van der Waals surface area (Å²) in [6.45, 7) is 18.3. The summed E-state index contributed by atoms with van der Waals surface area (Å²) in [5.41, 5.74) is 1.49. The molecule has 1 N–H and O–H groups in total. The predicted octanol–water partition coefficient (Wildman–Crippen LogP) is 4.45. The van der Waals surface area contributed by atoms with E-state index in [-0.39, 0.29) is 5.41 Å². The maximum Gasteiger partial charge on any atom is 0.0199 e. The molecule has 0 fully saturated rings. The van der Waals surface area contributed by atoms with Crippen molar-refractivity contribution >= 4 is 0 Å². The molecule has 2 atom stereocenters. The average molecular weight is 280 g/mol. The molecule has 0 aromatic rings. The Hall–Kier alpha value is -0.760. The quantitative estimate of drug-likeness (QED) is 0.595. The number of hydrogen-bond donors (Lipinski definition) is 1. The largest absolute Gasteiger partial charge is 0.378 e. The molecule has 0 aliphatic heterocycles. The van der Waals surface area contributed by atoms with Crippen LogP contribution >= 0.6 is 0 Å². The highest BCUT2D eigenvalue weighted by Crippen LogP contribution is 2.25. The Balaban J connectivity index is 4.42. The molecular weight excluding hydrogens is 244 g/mol. The molecule has 0 bridgehead atoms. The van der Waals surface area contributed by atoms with Gasteiger partial charge in [-0.1, -0.05) is 46.8 Å². The fraction of sp³-hybridized carbons (Fsp3) is 0.778. The van der Waals surface area contributed by atoms with Gasteiger partial charge in [-0.25, -0.2) is 0 Å². The molecule has 0 saturated heterocycles. The van der Waals surface area contributed by atoms with Gasteiger partial charge in [-0.05, 0) is 31.2 Å². The van der Waals surface area contributed by atoms with Crippen LogP contribution in [-0.4, -0.2) is 31.6 Å². The topological polar surface area (TPSA) is 15.3 Å². The van der Waals surface area contributed by atoms with Crippen LogP contribution in [0.1, 0.15) is 53.4 Å². The van der Waals surface area contributed by atoms with Gasteiger partial charge in [0.1, 0.15) is 0 Å². The first-order chi connectivity index (χ1) is 9.26. The van der Waals surface area contributed by atoms with Crippen molar-refractivity contribution in [1.82, 2.24) is 10.2 Å². The van der Waals surface area contributed by atoms with Crippen molar-refractivity contribution in [1.29, 1.82) is 0 Å². The molecule has 20 heavy (non-hydrogen) atoms. The van der Waals surface area contributed by atoms with Gasteiger partial charge in [0, 0.05) is 31.8 Å². The molecule has 0 rings (SSSR count). The Morgan fingerprint density at radius 3 is 2.35 bits per heavy atom. The van der Waals surface area contributed by atoms with Crippen LogP contribution in [0.5, 0.6) is 0 Å². The lowest BCUT2D eigenvalue weighted by Crippen LogP contribution is -2.40. The third-order valence-electron chi connectivity index (χ3n) is 4.26. The second kappa shape index (κ2) is 9.23. The van der Waals surface area contributed by atoms with E-state index >= 15 is 0 Å². The van der Waals surface area contributed by atoms with E-state index in [0.29, 0.717) is 6.04 Å². The van der Waals surface area contributed by atoms with Gasteiger partial charge in [0.25, 0.3) is 0 Å². The second-order valence-corrected chi connectivity index (χ2v) is 7.00. The van der Waals surface area contributed by atoms with E-state index in [1.165, 1.54) is 18.5 Å². The highest BCUT2D eigenvalue weighted by molar-refractivity contribution is 4.99. The summed E-state index contributed by atoms with van der Waals surface area (Å²) in [6, 6.07) is 0.464. The molecule has 0 radical (unpaired) electrons. The highest BCUT2D eigenvalue weighted by atomic mass is 15.1. The molecule has 0 aromatic carbocycles. The molecular formula is C18H36N2. The molecule has 0 saturated carbocycles. The van der Waals surface area contributed by atoms with Crippen molar-refractivity contribution < 1.29 is 0 Å². The Morgan fingerprint density at radius 2 is 1.95 bits per heavy atom. The Labute approximate surface area is 127 Å². The number of nitrogens with one attached hydrogen (secondary N) is 1. The molecule has 0 aromatic heterocycles. The summed E-state index contributed by atoms with van der Waals surface area (Å²) < 4.78 is 0. The van der Waals surface area contributed by atoms with E-state index in [1.807, 2.05) is 13.1 Å². The first kappa shape index (κ1) is 19.2. The number of nitrogens with zero attached hydrogens (tertiary/aromatic N) is 1. The Bertz CT molecular complexity index is 288. The summed E-state index contributed by atoms with van der Waals surface area (Å²) in [7, 11) is 4.22. The molecule has 118 valence electrons. The minimum atomic E-state index is 0.255. The van der Waals surface area contributed by atoms with E-state index in [9.17, 15) is 0 Å². The lowest BCUT2D eigenvalue weighted by molar-refractivity contribution is 0.247. The zero-order chi connectivity index (χ0) is 15.8. The highest BCUT2D eigenvalue weighted by Gasteiger charge is 2.24. The normalized spacial score (nSPS) is 14.7. The maximum atomic E-state index is 4.29. The van der Waals surface area contributed by atoms with E-state index < -0.39 is 0 Å². The minimum Gasteiger partial charge on any atom is -0.378 e. The van der Waals surface area contributed by atoms with Crippen molar-refractivity contribution in [2.75, 3.05) is 20.6 Å². The van der Waals surface area contributed by atoms with Gasteiger partial charge in [0.2, 0.25) is 0 Å². The molecule has 2 heteroatoms. The van der Waals surface area contributed by atoms with Crippen LogP contribution < -0.4 is 5.32 Å². The summed E-state index contributed by atoms with van der Waals surface area (Å²) in [4.78, 5) is 2.34. The first-order valence-corrected chi connectivity index (χ1v) is 7.93. The van der Waals surface area contributed by atoms with E-state index in [0.717, 1.165) is 25.3 Å². The van der Waals surface area contributed by atoms with Crippen molar-refractivity contribution in [3.63, 3.8) is 0 Å². The smallest absolute Gasteiger partial charge is 0.0199 e. The van der Waals surface area contributed by atoms with Gasteiger partial charge < -0.3 is 10.2 Å². The Kier molecular flexibility index (Phi) is 8.88. The fourth-order valence-corrected chi connectivity index (χ4v) is 2.53. The van der Waals surface area contributed by atoms with Crippen molar-refractivity contribution in [3.05, 3.63) is 24.9 Å². The maximum absolute atomic E-state index is 4.29. The van der Waals surface area contributed by atoms with E-state index in [4.69, 9.17) is 0 Å². The molecule has 0 spiro atoms. The van der Waals surface area contributed by atoms with E-state index in [2.05, 4.69) is 58.1 Å². The van der Waals surface area contributed by atoms with Crippen LogP contribution in [0.15, 0.2) is 24.9 Å². The molecule has 0 aliphatic carbocycles. The van der Waals surface area contributed by atoms with Crippen molar-refractivity contribution in [3.8, 4) is 0 Å². The summed E-state index contributed by atoms with van der Waals surface area (Å²) in [5, 5.41) is 3.43.